The fraction of sp³-hybridized carbons (Fsp3) is 1.00. The van der Waals surface area contributed by atoms with E-state index in [0.29, 0.717) is 12.5 Å². The number of aliphatic hydroxyl groups is 1. The van der Waals surface area contributed by atoms with E-state index in [1.54, 1.807) is 0 Å². The number of nitrogens with two attached hydrogens (primary N) is 1. The molecular formula is C8H19NO. The van der Waals surface area contributed by atoms with Crippen LogP contribution in [0.4, 0.5) is 0 Å². The highest BCUT2D eigenvalue weighted by atomic mass is 16.3. The standard InChI is InChI=1S/C8H19NO/c1-3-5-7(6-9)8(10)4-2/h7-8,10H,3-6,9H2,1-2H3/t7-,8+/m0/s1. The minimum absolute atomic E-state index is 0.190. The molecule has 0 heterocycles. The topological polar surface area (TPSA) is 46.2 Å². The third kappa shape index (κ3) is 3.18. The van der Waals surface area contributed by atoms with Crippen molar-refractivity contribution in [2.45, 2.75) is 39.2 Å². The number of rotatable bonds is 5. The zero-order chi connectivity index (χ0) is 7.98. The van der Waals surface area contributed by atoms with Crippen molar-refractivity contribution in [1.82, 2.24) is 0 Å². The normalized spacial score (nSPS) is 16.8. The van der Waals surface area contributed by atoms with Crippen molar-refractivity contribution < 1.29 is 5.11 Å². The molecule has 0 aromatic heterocycles. The van der Waals surface area contributed by atoms with Crippen LogP contribution in [0.15, 0.2) is 0 Å². The summed E-state index contributed by atoms with van der Waals surface area (Å²) in [6.45, 7) is 4.72. The first-order valence-corrected chi connectivity index (χ1v) is 4.14. The third-order valence-corrected chi connectivity index (χ3v) is 1.92. The van der Waals surface area contributed by atoms with Crippen LogP contribution in [0, 0.1) is 5.92 Å². The Labute approximate surface area is 63.4 Å². The highest BCUT2D eigenvalue weighted by Crippen LogP contribution is 2.11. The van der Waals surface area contributed by atoms with Crippen LogP contribution in [0.5, 0.6) is 0 Å². The van der Waals surface area contributed by atoms with E-state index in [1.807, 2.05) is 6.92 Å². The average molecular weight is 145 g/mol. The van der Waals surface area contributed by atoms with E-state index in [9.17, 15) is 5.11 Å². The first-order valence-electron chi connectivity index (χ1n) is 4.14. The largest absolute Gasteiger partial charge is 0.393 e. The molecule has 2 nitrogen and oxygen atoms in total. The van der Waals surface area contributed by atoms with E-state index in [-0.39, 0.29) is 6.10 Å². The summed E-state index contributed by atoms with van der Waals surface area (Å²) >= 11 is 0. The number of hydrogen-bond acceptors (Lipinski definition) is 2. The number of hydrogen-bond donors (Lipinski definition) is 2. The molecule has 0 rings (SSSR count). The Morgan fingerprint density at radius 1 is 1.40 bits per heavy atom. The van der Waals surface area contributed by atoms with Gasteiger partial charge in [-0.05, 0) is 25.3 Å². The smallest absolute Gasteiger partial charge is 0.0577 e. The third-order valence-electron chi connectivity index (χ3n) is 1.92. The molecule has 0 aliphatic heterocycles. The van der Waals surface area contributed by atoms with Crippen LogP contribution in [0.2, 0.25) is 0 Å². The molecule has 0 unspecified atom stereocenters. The van der Waals surface area contributed by atoms with Crippen molar-refractivity contribution in [3.8, 4) is 0 Å². The molecule has 0 aromatic rings. The highest BCUT2D eigenvalue weighted by Gasteiger charge is 2.13. The summed E-state index contributed by atoms with van der Waals surface area (Å²) in [6, 6.07) is 0. The molecule has 0 saturated carbocycles. The van der Waals surface area contributed by atoms with Gasteiger partial charge < -0.3 is 10.8 Å². The monoisotopic (exact) mass is 145 g/mol. The molecule has 0 fully saturated rings. The van der Waals surface area contributed by atoms with Crippen molar-refractivity contribution in [2.24, 2.45) is 11.7 Å². The molecule has 10 heavy (non-hydrogen) atoms. The Kier molecular flexibility index (Phi) is 5.64. The van der Waals surface area contributed by atoms with Gasteiger partial charge in [0.2, 0.25) is 0 Å². The van der Waals surface area contributed by atoms with E-state index in [4.69, 9.17) is 5.73 Å². The van der Waals surface area contributed by atoms with E-state index in [2.05, 4.69) is 6.92 Å². The van der Waals surface area contributed by atoms with Crippen molar-refractivity contribution in [3.05, 3.63) is 0 Å². The zero-order valence-corrected chi connectivity index (χ0v) is 7.01. The van der Waals surface area contributed by atoms with E-state index < -0.39 is 0 Å². The minimum Gasteiger partial charge on any atom is -0.393 e. The predicted octanol–water partition coefficient (Wildman–Crippen LogP) is 1.13. The lowest BCUT2D eigenvalue weighted by molar-refractivity contribution is 0.102. The van der Waals surface area contributed by atoms with Gasteiger partial charge in [-0.1, -0.05) is 20.3 Å². The fourth-order valence-electron chi connectivity index (χ4n) is 1.17. The van der Waals surface area contributed by atoms with Crippen LogP contribution in [0.3, 0.4) is 0 Å². The summed E-state index contributed by atoms with van der Waals surface area (Å²) < 4.78 is 0. The van der Waals surface area contributed by atoms with Gasteiger partial charge in [-0.25, -0.2) is 0 Å². The van der Waals surface area contributed by atoms with Crippen molar-refractivity contribution in [1.29, 1.82) is 0 Å². The second-order valence-corrected chi connectivity index (χ2v) is 2.76. The maximum atomic E-state index is 9.37. The van der Waals surface area contributed by atoms with Crippen LogP contribution in [-0.4, -0.2) is 17.8 Å². The van der Waals surface area contributed by atoms with Crippen molar-refractivity contribution in [2.75, 3.05) is 6.54 Å². The highest BCUT2D eigenvalue weighted by molar-refractivity contribution is 4.67. The Bertz CT molecular complexity index is 75.7. The maximum Gasteiger partial charge on any atom is 0.0577 e. The average Bonchev–Trinajstić information content (AvgIpc) is 1.99. The molecule has 2 atom stereocenters. The molecule has 2 heteroatoms. The van der Waals surface area contributed by atoms with E-state index in [1.165, 1.54) is 0 Å². The minimum atomic E-state index is -0.190. The van der Waals surface area contributed by atoms with Gasteiger partial charge in [0.05, 0.1) is 6.10 Å². The van der Waals surface area contributed by atoms with Crippen LogP contribution in [0.1, 0.15) is 33.1 Å². The van der Waals surface area contributed by atoms with Gasteiger partial charge in [0.1, 0.15) is 0 Å². The van der Waals surface area contributed by atoms with E-state index >= 15 is 0 Å². The second kappa shape index (κ2) is 5.69. The lowest BCUT2D eigenvalue weighted by Gasteiger charge is -2.18. The summed E-state index contributed by atoms with van der Waals surface area (Å²) in [4.78, 5) is 0. The van der Waals surface area contributed by atoms with Gasteiger partial charge in [0.25, 0.3) is 0 Å². The Balaban J connectivity index is 3.56. The Morgan fingerprint density at radius 2 is 2.00 bits per heavy atom. The van der Waals surface area contributed by atoms with E-state index in [0.717, 1.165) is 19.3 Å². The Morgan fingerprint density at radius 3 is 2.30 bits per heavy atom. The summed E-state index contributed by atoms with van der Waals surface area (Å²) in [5.41, 5.74) is 5.48. The summed E-state index contributed by atoms with van der Waals surface area (Å²) in [7, 11) is 0. The Hall–Kier alpha value is -0.0800. The first kappa shape index (κ1) is 9.92. The molecular weight excluding hydrogens is 126 g/mol. The van der Waals surface area contributed by atoms with Crippen LogP contribution < -0.4 is 5.73 Å². The zero-order valence-electron chi connectivity index (χ0n) is 7.01. The number of aliphatic hydroxyl groups excluding tert-OH is 1. The SMILES string of the molecule is CCC[C@@H](CN)[C@H](O)CC. The molecule has 0 radical (unpaired) electrons. The van der Waals surface area contributed by atoms with Crippen LogP contribution in [-0.2, 0) is 0 Å². The lowest BCUT2D eigenvalue weighted by Crippen LogP contribution is -2.26. The van der Waals surface area contributed by atoms with Crippen molar-refractivity contribution in [3.63, 3.8) is 0 Å². The summed E-state index contributed by atoms with van der Waals surface area (Å²) in [5, 5.41) is 9.37. The summed E-state index contributed by atoms with van der Waals surface area (Å²) in [6.07, 6.45) is 2.79. The molecule has 0 aliphatic carbocycles. The van der Waals surface area contributed by atoms with Gasteiger partial charge in [0, 0.05) is 0 Å². The van der Waals surface area contributed by atoms with Gasteiger partial charge in [-0.3, -0.25) is 0 Å². The quantitative estimate of drug-likeness (QED) is 0.609. The van der Waals surface area contributed by atoms with Gasteiger partial charge in [-0.15, -0.1) is 0 Å². The maximum absolute atomic E-state index is 9.37. The molecule has 0 aromatic carbocycles. The molecule has 62 valence electrons. The fourth-order valence-corrected chi connectivity index (χ4v) is 1.17. The molecule has 3 N–H and O–H groups in total. The van der Waals surface area contributed by atoms with Gasteiger partial charge in [0.15, 0.2) is 0 Å². The molecule has 0 aliphatic rings. The predicted molar refractivity (Wildman–Crippen MR) is 43.8 cm³/mol. The molecule has 0 spiro atoms. The second-order valence-electron chi connectivity index (χ2n) is 2.76. The summed E-state index contributed by atoms with van der Waals surface area (Å²) in [5.74, 6) is 0.315. The molecule has 0 bridgehead atoms. The van der Waals surface area contributed by atoms with Crippen LogP contribution in [0.25, 0.3) is 0 Å². The van der Waals surface area contributed by atoms with Crippen molar-refractivity contribution >= 4 is 0 Å². The van der Waals surface area contributed by atoms with Gasteiger partial charge >= 0.3 is 0 Å². The van der Waals surface area contributed by atoms with Crippen LogP contribution >= 0.6 is 0 Å². The first-order chi connectivity index (χ1) is 4.76. The molecule has 0 saturated heterocycles. The van der Waals surface area contributed by atoms with Gasteiger partial charge in [-0.2, -0.15) is 0 Å². The lowest BCUT2D eigenvalue weighted by atomic mass is 9.96. The molecule has 0 amide bonds.